The summed E-state index contributed by atoms with van der Waals surface area (Å²) < 4.78 is 5.79. The molecule has 0 atom stereocenters. The number of carbonyl (C=O) groups is 1. The molecule has 0 saturated carbocycles. The van der Waals surface area contributed by atoms with Gasteiger partial charge in [-0.05, 0) is 18.6 Å². The number of carbonyl (C=O) groups excluding carboxylic acids is 1. The summed E-state index contributed by atoms with van der Waals surface area (Å²) in [6.07, 6.45) is 1.91. The molecular weight excluding hydrogens is 297 g/mol. The second kappa shape index (κ2) is 9.01. The van der Waals surface area contributed by atoms with Crippen LogP contribution >= 0.6 is 11.6 Å². The minimum atomic E-state index is -0.200. The molecule has 0 amide bonds. The van der Waals surface area contributed by atoms with E-state index in [0.29, 0.717) is 24.2 Å². The molecule has 20 heavy (non-hydrogen) atoms. The molecule has 0 N–H and O–H groups in total. The Hall–Kier alpha value is -1.03. The number of nitrogens with zero attached hydrogens (tertiary/aromatic N) is 1. The van der Waals surface area contributed by atoms with E-state index in [2.05, 4.69) is 0 Å². The number of likely N-dealkylation sites (N-methyl/N-ethyl adjacent to an activating group) is 1. The lowest BCUT2D eigenvalue weighted by Gasteiger charge is -2.27. The number of rotatable bonds is 6. The van der Waals surface area contributed by atoms with Crippen LogP contribution in [-0.4, -0.2) is 37.6 Å². The number of halogens is 2. The highest BCUT2D eigenvalue weighted by molar-refractivity contribution is 6.29. The number of hydrogen-bond donors (Lipinski definition) is 0. The fourth-order valence-corrected chi connectivity index (χ4v) is 1.64. The average Bonchev–Trinajstić information content (AvgIpc) is 2.35. The van der Waals surface area contributed by atoms with Crippen LogP contribution in [0.5, 0.6) is 0 Å². The molecule has 1 aromatic rings. The van der Waals surface area contributed by atoms with Gasteiger partial charge in [-0.1, -0.05) is 41.9 Å². The standard InChI is InChI=1S/C15H21ClNO2.ClH/c1-13(16)9-10-17(2,3)11-15(18)19-12-14-7-5-4-6-8-14;/h4-9H,10-12H2,1-3H3;1H/q+1;/p-1/b13-9+;. The predicted molar refractivity (Wildman–Crippen MR) is 77.7 cm³/mol. The van der Waals surface area contributed by atoms with E-state index in [4.69, 9.17) is 16.3 Å². The van der Waals surface area contributed by atoms with Gasteiger partial charge in [0.2, 0.25) is 0 Å². The highest BCUT2D eigenvalue weighted by Crippen LogP contribution is 2.05. The smallest absolute Gasteiger partial charge is 0.362 e. The Kier molecular flexibility index (Phi) is 8.54. The molecule has 0 unspecified atom stereocenters. The molecule has 0 fully saturated rings. The third kappa shape index (κ3) is 8.20. The van der Waals surface area contributed by atoms with Crippen molar-refractivity contribution in [2.24, 2.45) is 0 Å². The Morgan fingerprint density at radius 1 is 1.30 bits per heavy atom. The topological polar surface area (TPSA) is 26.3 Å². The van der Waals surface area contributed by atoms with Crippen LogP contribution < -0.4 is 12.4 Å². The zero-order valence-electron chi connectivity index (χ0n) is 12.1. The molecule has 0 spiro atoms. The Morgan fingerprint density at radius 3 is 2.45 bits per heavy atom. The number of ether oxygens (including phenoxy) is 1. The van der Waals surface area contributed by atoms with Crippen molar-refractivity contribution >= 4 is 17.6 Å². The summed E-state index contributed by atoms with van der Waals surface area (Å²) in [4.78, 5) is 11.8. The van der Waals surface area contributed by atoms with Gasteiger partial charge in [0.1, 0.15) is 6.61 Å². The SMILES string of the molecule is C/C(Cl)=C\C[N+](C)(C)CC(=O)OCc1ccccc1.[Cl-]. The first-order valence-electron chi connectivity index (χ1n) is 6.23. The van der Waals surface area contributed by atoms with Gasteiger partial charge >= 0.3 is 5.97 Å². The van der Waals surface area contributed by atoms with E-state index >= 15 is 0 Å². The first-order chi connectivity index (χ1) is 8.89. The highest BCUT2D eigenvalue weighted by Gasteiger charge is 2.19. The summed E-state index contributed by atoms with van der Waals surface area (Å²) in [6.45, 7) is 3.18. The largest absolute Gasteiger partial charge is 1.00 e. The maximum Gasteiger partial charge on any atom is 0.362 e. The van der Waals surface area contributed by atoms with Gasteiger partial charge in [0.05, 0.1) is 20.6 Å². The van der Waals surface area contributed by atoms with E-state index in [-0.39, 0.29) is 18.4 Å². The van der Waals surface area contributed by atoms with Crippen LogP contribution in [0.2, 0.25) is 0 Å². The monoisotopic (exact) mass is 317 g/mol. The van der Waals surface area contributed by atoms with Crippen LogP contribution in [0.15, 0.2) is 41.4 Å². The lowest BCUT2D eigenvalue weighted by atomic mass is 10.2. The summed E-state index contributed by atoms with van der Waals surface area (Å²) in [5.74, 6) is -0.200. The lowest BCUT2D eigenvalue weighted by molar-refractivity contribution is -0.877. The first kappa shape index (κ1) is 19.0. The van der Waals surface area contributed by atoms with Crippen LogP contribution in [0, 0.1) is 0 Å². The van der Waals surface area contributed by atoms with Crippen molar-refractivity contribution in [1.29, 1.82) is 0 Å². The predicted octanol–water partition coefficient (Wildman–Crippen LogP) is -0.0472. The third-order valence-electron chi connectivity index (χ3n) is 2.67. The van der Waals surface area contributed by atoms with Gasteiger partial charge in [-0.2, -0.15) is 0 Å². The average molecular weight is 318 g/mol. The Labute approximate surface area is 132 Å². The molecule has 5 heteroatoms. The van der Waals surface area contributed by atoms with Crippen molar-refractivity contribution in [3.63, 3.8) is 0 Å². The van der Waals surface area contributed by atoms with Gasteiger partial charge in [0.15, 0.2) is 6.54 Å². The van der Waals surface area contributed by atoms with Gasteiger partial charge in [0, 0.05) is 5.03 Å². The van der Waals surface area contributed by atoms with E-state index in [1.54, 1.807) is 0 Å². The van der Waals surface area contributed by atoms with Gasteiger partial charge in [-0.25, -0.2) is 4.79 Å². The normalized spacial score (nSPS) is 11.7. The maximum atomic E-state index is 11.8. The number of quaternary nitrogens is 1. The quantitative estimate of drug-likeness (QED) is 0.543. The molecule has 0 bridgehead atoms. The van der Waals surface area contributed by atoms with Crippen molar-refractivity contribution in [3.8, 4) is 0 Å². The molecule has 0 aromatic heterocycles. The molecule has 3 nitrogen and oxygen atoms in total. The number of benzene rings is 1. The molecule has 0 heterocycles. The zero-order chi connectivity index (χ0) is 14.3. The molecule has 0 saturated heterocycles. The van der Waals surface area contributed by atoms with E-state index in [1.165, 1.54) is 0 Å². The van der Waals surface area contributed by atoms with E-state index < -0.39 is 0 Å². The van der Waals surface area contributed by atoms with Gasteiger partial charge in [-0.3, -0.25) is 0 Å². The summed E-state index contributed by atoms with van der Waals surface area (Å²) in [5.41, 5.74) is 0.998. The molecule has 0 aliphatic carbocycles. The van der Waals surface area contributed by atoms with Crippen molar-refractivity contribution in [2.45, 2.75) is 13.5 Å². The summed E-state index contributed by atoms with van der Waals surface area (Å²) in [7, 11) is 3.94. The zero-order valence-corrected chi connectivity index (χ0v) is 13.6. The van der Waals surface area contributed by atoms with Crippen LogP contribution in [0.3, 0.4) is 0 Å². The van der Waals surface area contributed by atoms with Gasteiger partial charge < -0.3 is 21.6 Å². The Balaban J connectivity index is 0.00000361. The second-order valence-corrected chi connectivity index (χ2v) is 5.81. The molecular formula is C15H21Cl2NO2. The molecule has 1 aromatic carbocycles. The lowest BCUT2D eigenvalue weighted by Crippen LogP contribution is -3.00. The van der Waals surface area contributed by atoms with Crippen LogP contribution in [0.25, 0.3) is 0 Å². The molecule has 0 radical (unpaired) electrons. The number of allylic oxidation sites excluding steroid dienone is 1. The van der Waals surface area contributed by atoms with Crippen LogP contribution in [0.4, 0.5) is 0 Å². The highest BCUT2D eigenvalue weighted by atomic mass is 35.5. The molecule has 0 aliphatic heterocycles. The molecule has 0 aliphatic rings. The van der Waals surface area contributed by atoms with Crippen molar-refractivity contribution < 1.29 is 26.4 Å². The van der Waals surface area contributed by atoms with E-state index in [1.807, 2.05) is 57.4 Å². The Bertz CT molecular complexity index is 440. The second-order valence-electron chi connectivity index (χ2n) is 5.21. The molecule has 1 rings (SSSR count). The van der Waals surface area contributed by atoms with E-state index in [0.717, 1.165) is 10.6 Å². The van der Waals surface area contributed by atoms with Crippen molar-refractivity contribution in [2.75, 3.05) is 27.2 Å². The maximum absolute atomic E-state index is 11.8. The molecule has 112 valence electrons. The summed E-state index contributed by atoms with van der Waals surface area (Å²) >= 11 is 5.80. The van der Waals surface area contributed by atoms with Gasteiger partial charge in [-0.15, -0.1) is 0 Å². The van der Waals surface area contributed by atoms with Crippen LogP contribution in [-0.2, 0) is 16.1 Å². The third-order valence-corrected chi connectivity index (χ3v) is 2.82. The summed E-state index contributed by atoms with van der Waals surface area (Å²) in [5, 5.41) is 0.740. The fraction of sp³-hybridized carbons (Fsp3) is 0.400. The van der Waals surface area contributed by atoms with E-state index in [9.17, 15) is 4.79 Å². The number of esters is 1. The summed E-state index contributed by atoms with van der Waals surface area (Å²) in [6, 6.07) is 9.67. The fourth-order valence-electron chi connectivity index (χ4n) is 1.57. The van der Waals surface area contributed by atoms with Gasteiger partial charge in [0.25, 0.3) is 0 Å². The number of hydrogen-bond acceptors (Lipinski definition) is 2. The van der Waals surface area contributed by atoms with Crippen LogP contribution in [0.1, 0.15) is 12.5 Å². The van der Waals surface area contributed by atoms with Crippen molar-refractivity contribution in [1.82, 2.24) is 0 Å². The first-order valence-corrected chi connectivity index (χ1v) is 6.61. The van der Waals surface area contributed by atoms with Crippen molar-refractivity contribution in [3.05, 3.63) is 47.0 Å². The minimum Gasteiger partial charge on any atom is -1.00 e. The minimum absolute atomic E-state index is 0. The Morgan fingerprint density at radius 2 is 1.90 bits per heavy atom.